The Kier molecular flexibility index (Phi) is 5.98. The minimum Gasteiger partial charge on any atom is -0.286 e. The molecule has 19 heavy (non-hydrogen) atoms. The van der Waals surface area contributed by atoms with Crippen LogP contribution in [0, 0.1) is 0 Å². The summed E-state index contributed by atoms with van der Waals surface area (Å²) in [5.74, 6) is 0. The van der Waals surface area contributed by atoms with E-state index in [0.29, 0.717) is 5.02 Å². The van der Waals surface area contributed by atoms with Crippen molar-refractivity contribution < 1.29 is 26.0 Å². The summed E-state index contributed by atoms with van der Waals surface area (Å²) in [6.45, 7) is 3.08. The predicted octanol–water partition coefficient (Wildman–Crippen LogP) is 3.23. The fraction of sp³-hybridized carbons (Fsp3) is 0.400. The Labute approximate surface area is 117 Å². The van der Waals surface area contributed by atoms with Gasteiger partial charge in [-0.05, 0) is 38.1 Å². The van der Waals surface area contributed by atoms with Crippen LogP contribution in [0.2, 0.25) is 5.02 Å². The van der Waals surface area contributed by atoms with Crippen molar-refractivity contribution in [2.45, 2.75) is 18.7 Å². The van der Waals surface area contributed by atoms with Gasteiger partial charge in [-0.2, -0.15) is 12.4 Å². The van der Waals surface area contributed by atoms with Gasteiger partial charge < -0.3 is 0 Å². The van der Waals surface area contributed by atoms with Crippen molar-refractivity contribution in [1.82, 2.24) is 0 Å². The third-order valence-electron chi connectivity index (χ3n) is 1.87. The predicted molar refractivity (Wildman–Crippen MR) is 70.6 cm³/mol. The number of rotatable bonds is 7. The molecule has 6 nitrogen and oxygen atoms in total. The van der Waals surface area contributed by atoms with Crippen molar-refractivity contribution in [2.24, 2.45) is 0 Å². The minimum atomic E-state index is -4.25. The first-order valence-corrected chi connectivity index (χ1v) is 8.68. The fourth-order valence-electron chi connectivity index (χ4n) is 1.16. The topological polar surface area (TPSA) is 78.9 Å². The number of phosphoric acid groups is 1. The van der Waals surface area contributed by atoms with E-state index >= 15 is 0 Å². The van der Waals surface area contributed by atoms with Crippen LogP contribution in [-0.2, 0) is 27.7 Å². The summed E-state index contributed by atoms with van der Waals surface area (Å²) in [5.41, 5.74) is 0. The third-order valence-corrected chi connectivity index (χ3v) is 5.63. The molecule has 0 fully saturated rings. The van der Waals surface area contributed by atoms with E-state index in [1.54, 1.807) is 13.8 Å². The van der Waals surface area contributed by atoms with Crippen LogP contribution in [0.15, 0.2) is 29.2 Å². The van der Waals surface area contributed by atoms with Crippen LogP contribution in [0.1, 0.15) is 13.8 Å². The molecule has 1 rings (SSSR count). The maximum atomic E-state index is 12.0. The van der Waals surface area contributed by atoms with E-state index in [2.05, 4.69) is 3.97 Å². The first kappa shape index (κ1) is 16.6. The Hall–Kier alpha value is -0.430. The number of halogens is 1. The summed E-state index contributed by atoms with van der Waals surface area (Å²) in [6.07, 6.45) is 0. The lowest BCUT2D eigenvalue weighted by Crippen LogP contribution is -2.08. The highest BCUT2D eigenvalue weighted by atomic mass is 35.5. The first-order valence-electron chi connectivity index (χ1n) is 5.44. The van der Waals surface area contributed by atoms with Crippen LogP contribution in [0.3, 0.4) is 0 Å². The molecule has 1 aromatic rings. The maximum absolute atomic E-state index is 12.0. The SMILES string of the molecule is CCOP(=O)(OCC)OS(=O)(=O)c1ccc(Cl)cc1. The quantitative estimate of drug-likeness (QED) is 0.715. The molecule has 0 saturated heterocycles. The van der Waals surface area contributed by atoms with E-state index in [1.165, 1.54) is 24.3 Å². The molecule has 0 heterocycles. The molecule has 0 spiro atoms. The van der Waals surface area contributed by atoms with Crippen molar-refractivity contribution in [3.63, 3.8) is 0 Å². The summed E-state index contributed by atoms with van der Waals surface area (Å²) in [4.78, 5) is -0.184. The molecule has 108 valence electrons. The van der Waals surface area contributed by atoms with Gasteiger partial charge in [-0.25, -0.2) is 4.57 Å². The van der Waals surface area contributed by atoms with Gasteiger partial charge in [0.25, 0.3) is 0 Å². The summed E-state index contributed by atoms with van der Waals surface area (Å²) in [6, 6.07) is 5.23. The zero-order chi connectivity index (χ0) is 14.5. The van der Waals surface area contributed by atoms with E-state index in [0.717, 1.165) is 0 Å². The van der Waals surface area contributed by atoms with Crippen molar-refractivity contribution >= 4 is 29.5 Å². The lowest BCUT2D eigenvalue weighted by Gasteiger charge is -2.15. The summed E-state index contributed by atoms with van der Waals surface area (Å²) < 4.78 is 49.9. The van der Waals surface area contributed by atoms with Crippen molar-refractivity contribution in [2.75, 3.05) is 13.2 Å². The molecule has 0 aliphatic heterocycles. The lowest BCUT2D eigenvalue weighted by molar-refractivity contribution is 0.169. The van der Waals surface area contributed by atoms with E-state index in [4.69, 9.17) is 20.6 Å². The summed E-state index contributed by atoms with van der Waals surface area (Å²) in [5, 5.41) is 0.372. The maximum Gasteiger partial charge on any atom is 0.489 e. The molecule has 0 saturated carbocycles. The fourth-order valence-corrected chi connectivity index (χ4v) is 4.11. The molecular weight excluding hydrogens is 315 g/mol. The zero-order valence-corrected chi connectivity index (χ0v) is 12.9. The highest BCUT2D eigenvalue weighted by Gasteiger charge is 2.34. The molecule has 0 unspecified atom stereocenters. The zero-order valence-electron chi connectivity index (χ0n) is 10.4. The molecular formula is C10H14ClO6PS. The standard InChI is InChI=1S/C10H14ClO6PS/c1-3-15-18(12,16-4-2)17-19(13,14)10-7-5-9(11)6-8-10/h5-8H,3-4H2,1-2H3. The number of hydrogen-bond donors (Lipinski definition) is 0. The molecule has 0 atom stereocenters. The van der Waals surface area contributed by atoms with Crippen LogP contribution in [0.5, 0.6) is 0 Å². The second kappa shape index (κ2) is 6.83. The van der Waals surface area contributed by atoms with Crippen LogP contribution in [-0.4, -0.2) is 21.6 Å². The number of phosphoric ester groups is 1. The van der Waals surface area contributed by atoms with E-state index < -0.39 is 17.9 Å². The Balaban J connectivity index is 3.00. The molecule has 0 aromatic heterocycles. The molecule has 9 heteroatoms. The molecule has 1 aromatic carbocycles. The van der Waals surface area contributed by atoms with Gasteiger partial charge in [0.15, 0.2) is 0 Å². The minimum absolute atomic E-state index is 0.00653. The first-order chi connectivity index (χ1) is 8.83. The van der Waals surface area contributed by atoms with Gasteiger partial charge in [0.1, 0.15) is 0 Å². The second-order valence-corrected chi connectivity index (χ2v) is 7.09. The Morgan fingerprint density at radius 1 is 1.11 bits per heavy atom. The summed E-state index contributed by atoms with van der Waals surface area (Å²) in [7, 11) is -8.39. The van der Waals surface area contributed by atoms with Gasteiger partial charge in [0.05, 0.1) is 18.1 Å². The van der Waals surface area contributed by atoms with Crippen molar-refractivity contribution in [1.29, 1.82) is 0 Å². The molecule has 0 N–H and O–H groups in total. The number of benzene rings is 1. The highest BCUT2D eigenvalue weighted by molar-refractivity contribution is 7.90. The average Bonchev–Trinajstić information content (AvgIpc) is 2.28. The average molecular weight is 329 g/mol. The largest absolute Gasteiger partial charge is 0.489 e. The van der Waals surface area contributed by atoms with Crippen molar-refractivity contribution in [3.05, 3.63) is 29.3 Å². The second-order valence-electron chi connectivity index (χ2n) is 3.27. The highest BCUT2D eigenvalue weighted by Crippen LogP contribution is 2.51. The van der Waals surface area contributed by atoms with Crippen LogP contribution in [0.4, 0.5) is 0 Å². The van der Waals surface area contributed by atoms with E-state index in [-0.39, 0.29) is 18.1 Å². The van der Waals surface area contributed by atoms with E-state index in [1.807, 2.05) is 0 Å². The summed E-state index contributed by atoms with van der Waals surface area (Å²) >= 11 is 5.65. The molecule has 0 aliphatic carbocycles. The molecule has 0 bridgehead atoms. The van der Waals surface area contributed by atoms with E-state index in [9.17, 15) is 13.0 Å². The monoisotopic (exact) mass is 328 g/mol. The molecule has 0 radical (unpaired) electrons. The van der Waals surface area contributed by atoms with Gasteiger partial charge in [-0.15, -0.1) is 0 Å². The van der Waals surface area contributed by atoms with Gasteiger partial charge in [0.2, 0.25) is 0 Å². The van der Waals surface area contributed by atoms with Crippen LogP contribution in [0.25, 0.3) is 0 Å². The Morgan fingerprint density at radius 3 is 2.00 bits per heavy atom. The lowest BCUT2D eigenvalue weighted by atomic mass is 10.4. The third kappa shape index (κ3) is 4.87. The molecule has 0 amide bonds. The van der Waals surface area contributed by atoms with Gasteiger partial charge >= 0.3 is 17.9 Å². The smallest absolute Gasteiger partial charge is 0.286 e. The van der Waals surface area contributed by atoms with Gasteiger partial charge in [-0.1, -0.05) is 11.6 Å². The molecule has 0 aliphatic rings. The Bertz CT molecular complexity index is 546. The van der Waals surface area contributed by atoms with Crippen molar-refractivity contribution in [3.8, 4) is 0 Å². The number of hydrogen-bond acceptors (Lipinski definition) is 6. The van der Waals surface area contributed by atoms with Gasteiger partial charge in [-0.3, -0.25) is 9.05 Å². The van der Waals surface area contributed by atoms with Crippen LogP contribution < -0.4 is 0 Å². The van der Waals surface area contributed by atoms with Crippen LogP contribution >= 0.6 is 19.4 Å². The van der Waals surface area contributed by atoms with Gasteiger partial charge in [0, 0.05) is 5.02 Å². The normalized spacial score (nSPS) is 12.6. The Morgan fingerprint density at radius 2 is 1.58 bits per heavy atom.